The number of nitrogens with zero attached hydrogens (tertiary/aromatic N) is 2. The molecule has 2 aromatic rings. The molecule has 0 aliphatic rings. The van der Waals surface area contributed by atoms with E-state index in [2.05, 4.69) is 20.2 Å². The molecule has 0 bridgehead atoms. The van der Waals surface area contributed by atoms with Gasteiger partial charge in [0.1, 0.15) is 0 Å². The molecule has 0 aliphatic carbocycles. The lowest BCUT2D eigenvalue weighted by molar-refractivity contribution is 0.596. The first kappa shape index (κ1) is 16.4. The Morgan fingerprint density at radius 3 is 2.27 bits per heavy atom. The van der Waals surface area contributed by atoms with E-state index in [9.17, 15) is 8.42 Å². The van der Waals surface area contributed by atoms with Gasteiger partial charge in [-0.3, -0.25) is 5.43 Å². The molecule has 0 radical (unpaired) electrons. The van der Waals surface area contributed by atoms with Crippen molar-refractivity contribution in [1.29, 1.82) is 0 Å². The second-order valence-electron chi connectivity index (χ2n) is 4.60. The van der Waals surface area contributed by atoms with Crippen molar-refractivity contribution in [2.45, 2.75) is 13.8 Å². The van der Waals surface area contributed by atoms with Gasteiger partial charge in [-0.25, -0.2) is 18.4 Å². The summed E-state index contributed by atoms with van der Waals surface area (Å²) in [4.78, 5) is 10.4. The van der Waals surface area contributed by atoms with Crippen LogP contribution < -0.4 is 10.3 Å². The fourth-order valence-corrected chi connectivity index (χ4v) is 2.44. The van der Waals surface area contributed by atoms with Crippen LogP contribution in [-0.2, 0) is 10.0 Å². The van der Waals surface area contributed by atoms with Gasteiger partial charge in [0.25, 0.3) is 10.0 Å². The molecule has 0 spiro atoms. The van der Waals surface area contributed by atoms with Gasteiger partial charge >= 0.3 is 0 Å². The molecule has 8 heteroatoms. The number of nitrogens with one attached hydrogen (secondary N) is 2. The molecule has 0 amide bonds. The van der Waals surface area contributed by atoms with E-state index in [1.807, 2.05) is 0 Å². The maximum atomic E-state index is 11.9. The Balaban J connectivity index is 2.03. The molecule has 0 unspecified atom stereocenters. The van der Waals surface area contributed by atoms with Crippen LogP contribution in [0.3, 0.4) is 0 Å². The first-order valence-corrected chi connectivity index (χ1v) is 8.30. The molecule has 1 heterocycles. The predicted octanol–water partition coefficient (Wildman–Crippen LogP) is 2.66. The lowest BCUT2D eigenvalue weighted by Crippen LogP contribution is -2.28. The van der Waals surface area contributed by atoms with E-state index in [1.54, 1.807) is 44.2 Å². The van der Waals surface area contributed by atoms with E-state index < -0.39 is 10.0 Å². The number of rotatable bonds is 5. The molecule has 2 rings (SSSR count). The summed E-state index contributed by atoms with van der Waals surface area (Å²) in [6.45, 7) is 3.60. The number of aromatic nitrogens is 2. The maximum absolute atomic E-state index is 11.9. The Labute approximate surface area is 134 Å². The van der Waals surface area contributed by atoms with E-state index in [4.69, 9.17) is 11.6 Å². The number of hydrazine groups is 1. The van der Waals surface area contributed by atoms with E-state index >= 15 is 0 Å². The number of benzene rings is 1. The third-order valence-electron chi connectivity index (χ3n) is 2.60. The molecule has 0 fully saturated rings. The third kappa shape index (κ3) is 5.10. The summed E-state index contributed by atoms with van der Waals surface area (Å²) in [5.74, 6) is 0.195. The lowest BCUT2D eigenvalue weighted by Gasteiger charge is -2.06. The zero-order valence-corrected chi connectivity index (χ0v) is 13.6. The minimum absolute atomic E-state index is 0.195. The highest BCUT2D eigenvalue weighted by Crippen LogP contribution is 2.11. The van der Waals surface area contributed by atoms with Gasteiger partial charge in [0, 0.05) is 21.8 Å². The van der Waals surface area contributed by atoms with Crippen LogP contribution in [0, 0.1) is 13.8 Å². The standard InChI is InChI=1S/C14H15ClN4O2S/c1-10-9-11(2)17-14(16-10)18-19-22(20,21)8-7-12-3-5-13(15)6-4-12/h3-9,19H,1-2H3,(H,16,17,18)/b8-7+. The van der Waals surface area contributed by atoms with Gasteiger partial charge in [-0.05, 0) is 43.7 Å². The van der Waals surface area contributed by atoms with Crippen LogP contribution in [0.15, 0.2) is 35.7 Å². The van der Waals surface area contributed by atoms with Crippen molar-refractivity contribution in [2.24, 2.45) is 0 Å². The van der Waals surface area contributed by atoms with E-state index in [0.717, 1.165) is 22.4 Å². The topological polar surface area (TPSA) is 84.0 Å². The minimum Gasteiger partial charge on any atom is -0.276 e. The average Bonchev–Trinajstić information content (AvgIpc) is 2.44. The molecule has 1 aromatic carbocycles. The summed E-state index contributed by atoms with van der Waals surface area (Å²) in [6.07, 6.45) is 1.46. The van der Waals surface area contributed by atoms with Crippen LogP contribution in [-0.4, -0.2) is 18.4 Å². The molecule has 116 valence electrons. The van der Waals surface area contributed by atoms with Crippen LogP contribution in [0.4, 0.5) is 5.95 Å². The van der Waals surface area contributed by atoms with E-state index in [-0.39, 0.29) is 5.95 Å². The first-order valence-electron chi connectivity index (χ1n) is 6.38. The quantitative estimate of drug-likeness (QED) is 0.819. The molecule has 0 saturated carbocycles. The molecule has 0 aliphatic heterocycles. The Morgan fingerprint density at radius 1 is 1.09 bits per heavy atom. The summed E-state index contributed by atoms with van der Waals surface area (Å²) >= 11 is 5.77. The summed E-state index contributed by atoms with van der Waals surface area (Å²) in [6, 6.07) is 8.59. The molecule has 2 N–H and O–H groups in total. The molecule has 0 saturated heterocycles. The van der Waals surface area contributed by atoms with Gasteiger partial charge in [-0.2, -0.15) is 0 Å². The van der Waals surface area contributed by atoms with Crippen molar-refractivity contribution in [2.75, 3.05) is 5.43 Å². The number of sulfonamides is 1. The van der Waals surface area contributed by atoms with Gasteiger partial charge in [-0.1, -0.05) is 23.7 Å². The van der Waals surface area contributed by atoms with Crippen LogP contribution >= 0.6 is 11.6 Å². The number of hydrogen-bond acceptors (Lipinski definition) is 5. The van der Waals surface area contributed by atoms with Gasteiger partial charge in [0.05, 0.1) is 0 Å². The zero-order chi connectivity index (χ0) is 16.2. The van der Waals surface area contributed by atoms with Crippen molar-refractivity contribution in [3.8, 4) is 0 Å². The number of anilines is 1. The zero-order valence-electron chi connectivity index (χ0n) is 12.0. The highest BCUT2D eigenvalue weighted by Gasteiger charge is 2.06. The average molecular weight is 339 g/mol. The minimum atomic E-state index is -3.67. The van der Waals surface area contributed by atoms with Crippen LogP contribution in [0.25, 0.3) is 6.08 Å². The molecule has 6 nitrogen and oxygen atoms in total. The van der Waals surface area contributed by atoms with E-state index in [0.29, 0.717) is 5.02 Å². The Hall–Kier alpha value is -1.96. The highest BCUT2D eigenvalue weighted by molar-refractivity contribution is 7.92. The first-order chi connectivity index (χ1) is 10.3. The predicted molar refractivity (Wildman–Crippen MR) is 87.7 cm³/mol. The largest absolute Gasteiger partial charge is 0.276 e. The van der Waals surface area contributed by atoms with Crippen LogP contribution in [0.5, 0.6) is 0 Å². The van der Waals surface area contributed by atoms with Crippen molar-refractivity contribution in [3.05, 3.63) is 57.7 Å². The molecule has 22 heavy (non-hydrogen) atoms. The van der Waals surface area contributed by atoms with Gasteiger partial charge in [-0.15, -0.1) is 4.83 Å². The second kappa shape index (κ2) is 6.87. The lowest BCUT2D eigenvalue weighted by atomic mass is 10.2. The van der Waals surface area contributed by atoms with Gasteiger partial charge in [0.2, 0.25) is 5.95 Å². The summed E-state index contributed by atoms with van der Waals surface area (Å²) < 4.78 is 23.7. The number of hydrogen-bond donors (Lipinski definition) is 2. The summed E-state index contributed by atoms with van der Waals surface area (Å²) in [5, 5.41) is 1.64. The maximum Gasteiger partial charge on any atom is 0.250 e. The van der Waals surface area contributed by atoms with Crippen LogP contribution in [0.2, 0.25) is 5.02 Å². The fraction of sp³-hybridized carbons (Fsp3) is 0.143. The van der Waals surface area contributed by atoms with Gasteiger partial charge < -0.3 is 0 Å². The summed E-state index contributed by atoms with van der Waals surface area (Å²) in [7, 11) is -3.67. The molecule has 0 atom stereocenters. The SMILES string of the molecule is Cc1cc(C)nc(NNS(=O)(=O)/C=C/c2ccc(Cl)cc2)n1. The number of halogens is 1. The van der Waals surface area contributed by atoms with Crippen molar-refractivity contribution in [3.63, 3.8) is 0 Å². The summed E-state index contributed by atoms with van der Waals surface area (Å²) in [5.41, 5.74) is 4.68. The third-order valence-corrected chi connectivity index (χ3v) is 3.73. The Morgan fingerprint density at radius 2 is 1.68 bits per heavy atom. The van der Waals surface area contributed by atoms with Crippen molar-refractivity contribution >= 4 is 33.6 Å². The Bertz CT molecular complexity index is 769. The molecule has 1 aromatic heterocycles. The molecular weight excluding hydrogens is 324 g/mol. The Kier molecular flexibility index (Phi) is 5.12. The molecular formula is C14H15ClN4O2S. The van der Waals surface area contributed by atoms with E-state index in [1.165, 1.54) is 6.08 Å². The normalized spacial score (nSPS) is 11.8. The van der Waals surface area contributed by atoms with Crippen molar-refractivity contribution < 1.29 is 8.42 Å². The highest BCUT2D eigenvalue weighted by atomic mass is 35.5. The van der Waals surface area contributed by atoms with Crippen LogP contribution in [0.1, 0.15) is 17.0 Å². The van der Waals surface area contributed by atoms with Gasteiger partial charge in [0.15, 0.2) is 0 Å². The number of aryl methyl sites for hydroxylation is 2. The smallest absolute Gasteiger partial charge is 0.250 e. The van der Waals surface area contributed by atoms with Crippen molar-refractivity contribution in [1.82, 2.24) is 14.8 Å². The monoisotopic (exact) mass is 338 g/mol. The second-order valence-corrected chi connectivity index (χ2v) is 6.60. The fourth-order valence-electron chi connectivity index (χ4n) is 1.67.